The van der Waals surface area contributed by atoms with Crippen molar-refractivity contribution in [2.75, 3.05) is 20.6 Å². The van der Waals surface area contributed by atoms with Gasteiger partial charge in [-0.3, -0.25) is 0 Å². The Labute approximate surface area is 66.4 Å². The molecule has 0 fully saturated rings. The largest absolute Gasteiger partial charge is 0.569 e. The van der Waals surface area contributed by atoms with E-state index in [0.29, 0.717) is 6.54 Å². The van der Waals surface area contributed by atoms with Crippen LogP contribution in [-0.4, -0.2) is 35.8 Å². The third-order valence-corrected chi connectivity index (χ3v) is 0.916. The molecule has 0 heterocycles. The quantitative estimate of drug-likeness (QED) is 0.353. The van der Waals surface area contributed by atoms with Gasteiger partial charge in [0.2, 0.25) is 5.28 Å². The average Bonchev–Trinajstić information content (AvgIpc) is 2.07. The fraction of sp³-hybridized carbons (Fsp3) is 1.00. The van der Waals surface area contributed by atoms with Gasteiger partial charge in [0.15, 0.2) is 0 Å². The fourth-order valence-electron chi connectivity index (χ4n) is 0.477. The Kier molecular flexibility index (Phi) is 10.3. The van der Waals surface area contributed by atoms with Gasteiger partial charge in [-0.1, -0.05) is 6.92 Å². The molecule has 0 aromatic rings. The van der Waals surface area contributed by atoms with Crippen molar-refractivity contribution in [2.24, 2.45) is 11.0 Å². The average molecular weight is 164 g/mol. The third-order valence-electron chi connectivity index (χ3n) is 0.916. The van der Waals surface area contributed by atoms with Crippen LogP contribution in [0.4, 0.5) is 0 Å². The van der Waals surface area contributed by atoms with Crippen molar-refractivity contribution in [3.05, 3.63) is 5.21 Å². The summed E-state index contributed by atoms with van der Waals surface area (Å²) in [6.45, 7) is 2.52. The predicted molar refractivity (Wildman–Crippen MR) is 40.9 cm³/mol. The zero-order chi connectivity index (χ0) is 9.28. The van der Waals surface area contributed by atoms with Gasteiger partial charge in [-0.2, -0.15) is 0 Å². The number of hydrazine groups is 1. The molecule has 0 radical (unpaired) electrons. The summed E-state index contributed by atoms with van der Waals surface area (Å²) in [5.74, 6) is 0. The summed E-state index contributed by atoms with van der Waals surface area (Å²) in [6, 6.07) is 0. The van der Waals surface area contributed by atoms with Crippen molar-refractivity contribution in [2.45, 2.75) is 13.3 Å². The maximum absolute atomic E-state index is 10.3. The molecular weight excluding hydrogens is 148 g/mol. The highest BCUT2D eigenvalue weighted by Gasteiger charge is 2.01. The molecule has 11 heavy (non-hydrogen) atoms. The molecule has 0 spiro atoms. The van der Waals surface area contributed by atoms with E-state index in [1.54, 1.807) is 7.05 Å². The Balaban J connectivity index is 0. The van der Waals surface area contributed by atoms with Gasteiger partial charge in [0.05, 0.1) is 18.6 Å². The molecule has 0 aromatic carbocycles. The molecule has 0 saturated carbocycles. The van der Waals surface area contributed by atoms with Crippen LogP contribution in [0.1, 0.15) is 13.3 Å². The van der Waals surface area contributed by atoms with Crippen LogP contribution in [0.25, 0.3) is 0 Å². The monoisotopic (exact) mass is 164 g/mol. The van der Waals surface area contributed by atoms with Crippen LogP contribution in [0.3, 0.4) is 0 Å². The van der Waals surface area contributed by atoms with E-state index in [2.05, 4.69) is 11.0 Å². The Morgan fingerprint density at radius 1 is 1.64 bits per heavy atom. The Morgan fingerprint density at radius 2 is 2.09 bits per heavy atom. The van der Waals surface area contributed by atoms with Crippen LogP contribution >= 0.6 is 0 Å². The van der Waals surface area contributed by atoms with Gasteiger partial charge in [0, 0.05) is 0 Å². The molecule has 0 rings (SSSR count). The minimum Gasteiger partial charge on any atom is -0.569 e. The van der Waals surface area contributed by atoms with Gasteiger partial charge >= 0.3 is 0 Å². The molecule has 3 N–H and O–H groups in total. The second kappa shape index (κ2) is 8.96. The standard InChI is InChI=1S/C4H11N3O2.CH5N/c1-3-4-6(2)7(9)5-8;1-2/h8H,3-4H2,1-2H3;2H2,1H3. The smallest absolute Gasteiger partial charge is 0.230 e. The van der Waals surface area contributed by atoms with E-state index in [1.807, 2.05) is 6.92 Å². The maximum atomic E-state index is 10.3. The molecule has 0 aliphatic heterocycles. The van der Waals surface area contributed by atoms with E-state index < -0.39 is 0 Å². The van der Waals surface area contributed by atoms with Crippen LogP contribution in [0.15, 0.2) is 5.28 Å². The molecule has 6 nitrogen and oxygen atoms in total. The molecule has 0 bridgehead atoms. The minimum atomic E-state index is 0.142. The molecule has 0 aromatic heterocycles. The maximum Gasteiger partial charge on any atom is 0.230 e. The van der Waals surface area contributed by atoms with Gasteiger partial charge in [-0.25, -0.2) is 0 Å². The lowest BCUT2D eigenvalue weighted by atomic mass is 10.5. The summed E-state index contributed by atoms with van der Waals surface area (Å²) in [5.41, 5.74) is 4.50. The van der Waals surface area contributed by atoms with Crippen molar-refractivity contribution in [1.82, 2.24) is 5.01 Å². The lowest BCUT2D eigenvalue weighted by Gasteiger charge is -2.09. The SMILES string of the molecule is CCCN(C)[N+]([O-])=NO.CN. The Morgan fingerprint density at radius 3 is 2.36 bits per heavy atom. The van der Waals surface area contributed by atoms with Crippen LogP contribution in [0.5, 0.6) is 0 Å². The van der Waals surface area contributed by atoms with E-state index >= 15 is 0 Å². The van der Waals surface area contributed by atoms with Crippen molar-refractivity contribution in [1.29, 1.82) is 0 Å². The van der Waals surface area contributed by atoms with Gasteiger partial charge in [0.25, 0.3) is 0 Å². The molecule has 0 aliphatic carbocycles. The highest BCUT2D eigenvalue weighted by Crippen LogP contribution is 1.85. The molecule has 0 saturated heterocycles. The first-order valence-corrected chi connectivity index (χ1v) is 3.33. The van der Waals surface area contributed by atoms with Crippen LogP contribution in [0.2, 0.25) is 0 Å². The number of hydrogen-bond acceptors (Lipinski definition) is 3. The lowest BCUT2D eigenvalue weighted by Crippen LogP contribution is -2.26. The third kappa shape index (κ3) is 6.85. The fourth-order valence-corrected chi connectivity index (χ4v) is 0.477. The first kappa shape index (κ1) is 12.6. The van der Waals surface area contributed by atoms with Crippen molar-refractivity contribution in [3.8, 4) is 0 Å². The highest BCUT2D eigenvalue weighted by atomic mass is 16.6. The minimum absolute atomic E-state index is 0.142. The van der Waals surface area contributed by atoms with Crippen LogP contribution in [0, 0.1) is 5.21 Å². The first-order valence-electron chi connectivity index (χ1n) is 3.33. The number of rotatable bonds is 3. The first-order chi connectivity index (χ1) is 5.22. The molecular formula is C5H16N4O2. The topological polar surface area (TPSA) is 87.9 Å². The zero-order valence-corrected chi connectivity index (χ0v) is 7.19. The van der Waals surface area contributed by atoms with Gasteiger partial charge in [-0.05, 0) is 13.5 Å². The van der Waals surface area contributed by atoms with Crippen LogP contribution in [-0.2, 0) is 0 Å². The molecule has 6 heteroatoms. The predicted octanol–water partition coefficient (Wildman–Crippen LogP) is 0.170. The van der Waals surface area contributed by atoms with Gasteiger partial charge < -0.3 is 16.1 Å². The van der Waals surface area contributed by atoms with E-state index in [9.17, 15) is 5.21 Å². The van der Waals surface area contributed by atoms with E-state index in [0.717, 1.165) is 6.42 Å². The van der Waals surface area contributed by atoms with E-state index in [-0.39, 0.29) is 4.97 Å². The molecule has 68 valence electrons. The number of nitrogens with zero attached hydrogens (tertiary/aromatic N) is 3. The van der Waals surface area contributed by atoms with Gasteiger partial charge in [0.1, 0.15) is 0 Å². The van der Waals surface area contributed by atoms with E-state index in [4.69, 9.17) is 5.21 Å². The molecule has 0 amide bonds. The normalized spacial score (nSPS) is 10.0. The summed E-state index contributed by atoms with van der Waals surface area (Å²) < 4.78 is 0. The summed E-state index contributed by atoms with van der Waals surface area (Å²) >= 11 is 0. The Hall–Kier alpha value is -1.04. The summed E-state index contributed by atoms with van der Waals surface area (Å²) in [6.07, 6.45) is 0.852. The van der Waals surface area contributed by atoms with Gasteiger partial charge in [-0.15, -0.1) is 5.01 Å². The molecule has 0 aliphatic rings. The number of nitrogens with two attached hydrogens (primary N) is 1. The second-order valence-corrected chi connectivity index (χ2v) is 1.72. The zero-order valence-electron chi connectivity index (χ0n) is 7.19. The van der Waals surface area contributed by atoms with Crippen molar-refractivity contribution >= 4 is 0 Å². The van der Waals surface area contributed by atoms with Crippen molar-refractivity contribution < 1.29 is 10.2 Å². The molecule has 0 atom stereocenters. The van der Waals surface area contributed by atoms with Crippen LogP contribution < -0.4 is 5.73 Å². The van der Waals surface area contributed by atoms with Crippen molar-refractivity contribution in [3.63, 3.8) is 0 Å². The van der Waals surface area contributed by atoms with E-state index in [1.165, 1.54) is 12.1 Å². The Bertz CT molecular complexity index is 107. The second-order valence-electron chi connectivity index (χ2n) is 1.72. The highest BCUT2D eigenvalue weighted by molar-refractivity contribution is 4.29. The lowest BCUT2D eigenvalue weighted by molar-refractivity contribution is -0.704. The molecule has 0 unspecified atom stereocenters. The summed E-state index contributed by atoms with van der Waals surface area (Å²) in [4.78, 5) is 0.142. The summed E-state index contributed by atoms with van der Waals surface area (Å²) in [7, 11) is 3.05. The number of hydrogen-bond donors (Lipinski definition) is 2. The summed E-state index contributed by atoms with van der Waals surface area (Å²) in [5, 5.41) is 21.9.